The summed E-state index contributed by atoms with van der Waals surface area (Å²) in [6, 6.07) is 5.42. The topological polar surface area (TPSA) is 55.1 Å². The van der Waals surface area contributed by atoms with Crippen LogP contribution < -0.4 is 11.1 Å². The number of carbonyl (C=O) groups excluding carboxylic acids is 1. The number of hydrogen-bond acceptors (Lipinski definition) is 2. The Hall–Kier alpha value is -1.51. The molecule has 1 aliphatic rings. The standard InChI is InChI=1S/C15H22N2O/c1-10(2)15(6-7-15)9-17-14(18)12-4-5-13(16)11(3)8-12/h4-5,8,10H,6-7,9,16H2,1-3H3,(H,17,18). The Morgan fingerprint density at radius 1 is 1.44 bits per heavy atom. The van der Waals surface area contributed by atoms with Crippen molar-refractivity contribution in [3.8, 4) is 0 Å². The van der Waals surface area contributed by atoms with Crippen molar-refractivity contribution in [1.29, 1.82) is 0 Å². The van der Waals surface area contributed by atoms with Crippen molar-refractivity contribution in [3.63, 3.8) is 0 Å². The summed E-state index contributed by atoms with van der Waals surface area (Å²) in [5.41, 5.74) is 8.47. The lowest BCUT2D eigenvalue weighted by Crippen LogP contribution is -2.32. The molecule has 0 aliphatic heterocycles. The first kappa shape index (κ1) is 12.9. The molecule has 2 rings (SSSR count). The molecule has 1 amide bonds. The van der Waals surface area contributed by atoms with Crippen molar-refractivity contribution in [2.24, 2.45) is 11.3 Å². The highest BCUT2D eigenvalue weighted by Crippen LogP contribution is 2.51. The molecule has 3 heteroatoms. The van der Waals surface area contributed by atoms with Crippen molar-refractivity contribution in [3.05, 3.63) is 29.3 Å². The van der Waals surface area contributed by atoms with Gasteiger partial charge in [0.15, 0.2) is 0 Å². The molecular weight excluding hydrogens is 224 g/mol. The van der Waals surface area contributed by atoms with Crippen molar-refractivity contribution in [1.82, 2.24) is 5.32 Å². The third kappa shape index (κ3) is 2.50. The van der Waals surface area contributed by atoms with Gasteiger partial charge in [0.05, 0.1) is 0 Å². The second kappa shape index (κ2) is 4.63. The highest BCUT2D eigenvalue weighted by Gasteiger charge is 2.45. The minimum absolute atomic E-state index is 0.00465. The van der Waals surface area contributed by atoms with Gasteiger partial charge < -0.3 is 11.1 Å². The number of carbonyl (C=O) groups is 1. The monoisotopic (exact) mass is 246 g/mol. The van der Waals surface area contributed by atoms with Gasteiger partial charge in [-0.25, -0.2) is 0 Å². The quantitative estimate of drug-likeness (QED) is 0.803. The summed E-state index contributed by atoms with van der Waals surface area (Å²) < 4.78 is 0. The predicted molar refractivity (Wildman–Crippen MR) is 74.4 cm³/mol. The summed E-state index contributed by atoms with van der Waals surface area (Å²) in [6.07, 6.45) is 2.46. The largest absolute Gasteiger partial charge is 0.399 e. The first-order valence-electron chi connectivity index (χ1n) is 6.59. The summed E-state index contributed by atoms with van der Waals surface area (Å²) in [4.78, 5) is 12.1. The summed E-state index contributed by atoms with van der Waals surface area (Å²) in [6.45, 7) is 7.16. The van der Waals surface area contributed by atoms with Crippen LogP contribution in [0.15, 0.2) is 18.2 Å². The molecule has 0 saturated heterocycles. The van der Waals surface area contributed by atoms with Gasteiger partial charge in [-0.1, -0.05) is 13.8 Å². The average Bonchev–Trinajstić information content (AvgIpc) is 3.11. The number of anilines is 1. The van der Waals surface area contributed by atoms with Crippen molar-refractivity contribution >= 4 is 11.6 Å². The first-order valence-corrected chi connectivity index (χ1v) is 6.59. The second-order valence-electron chi connectivity index (χ2n) is 5.77. The highest BCUT2D eigenvalue weighted by atomic mass is 16.1. The second-order valence-corrected chi connectivity index (χ2v) is 5.77. The molecule has 0 aromatic heterocycles. The number of rotatable bonds is 4. The third-order valence-corrected chi connectivity index (χ3v) is 4.25. The molecule has 1 fully saturated rings. The number of aryl methyl sites for hydroxylation is 1. The van der Waals surface area contributed by atoms with Crippen LogP contribution in [-0.2, 0) is 0 Å². The van der Waals surface area contributed by atoms with E-state index in [1.807, 2.05) is 13.0 Å². The van der Waals surface area contributed by atoms with E-state index in [-0.39, 0.29) is 5.91 Å². The molecule has 3 N–H and O–H groups in total. The van der Waals surface area contributed by atoms with Crippen LogP contribution in [0, 0.1) is 18.3 Å². The zero-order chi connectivity index (χ0) is 13.3. The minimum Gasteiger partial charge on any atom is -0.399 e. The van der Waals surface area contributed by atoms with Gasteiger partial charge in [0.25, 0.3) is 5.91 Å². The van der Waals surface area contributed by atoms with E-state index in [1.54, 1.807) is 12.1 Å². The van der Waals surface area contributed by atoms with Crippen molar-refractivity contribution in [2.45, 2.75) is 33.6 Å². The lowest BCUT2D eigenvalue weighted by molar-refractivity contribution is 0.0939. The van der Waals surface area contributed by atoms with Crippen LogP contribution in [0.2, 0.25) is 0 Å². The molecule has 0 bridgehead atoms. The summed E-state index contributed by atoms with van der Waals surface area (Å²) >= 11 is 0. The maximum atomic E-state index is 12.1. The van der Waals surface area contributed by atoms with Crippen LogP contribution in [0.1, 0.15) is 42.6 Å². The van der Waals surface area contributed by atoms with Gasteiger partial charge >= 0.3 is 0 Å². The van der Waals surface area contributed by atoms with E-state index in [4.69, 9.17) is 5.73 Å². The van der Waals surface area contributed by atoms with E-state index >= 15 is 0 Å². The maximum absolute atomic E-state index is 12.1. The zero-order valence-corrected chi connectivity index (χ0v) is 11.4. The lowest BCUT2D eigenvalue weighted by Gasteiger charge is -2.20. The van der Waals surface area contributed by atoms with Gasteiger partial charge in [0.2, 0.25) is 0 Å². The normalized spacial score (nSPS) is 16.7. The Labute approximate surface area is 109 Å². The number of nitrogens with two attached hydrogens (primary N) is 1. The SMILES string of the molecule is Cc1cc(C(=O)NCC2(C(C)C)CC2)ccc1N. The molecule has 1 aromatic carbocycles. The van der Waals surface area contributed by atoms with E-state index in [2.05, 4.69) is 19.2 Å². The molecule has 1 saturated carbocycles. The van der Waals surface area contributed by atoms with Crippen LogP contribution in [0.25, 0.3) is 0 Å². The molecule has 18 heavy (non-hydrogen) atoms. The van der Waals surface area contributed by atoms with Gasteiger partial charge in [-0.2, -0.15) is 0 Å². The fourth-order valence-corrected chi connectivity index (χ4v) is 2.29. The van der Waals surface area contributed by atoms with Gasteiger partial charge in [-0.05, 0) is 54.9 Å². The molecule has 98 valence electrons. The van der Waals surface area contributed by atoms with Crippen molar-refractivity contribution < 1.29 is 4.79 Å². The fourth-order valence-electron chi connectivity index (χ4n) is 2.29. The molecule has 1 aromatic rings. The minimum atomic E-state index is 0.00465. The Kier molecular flexibility index (Phi) is 3.33. The molecule has 0 heterocycles. The Morgan fingerprint density at radius 2 is 2.11 bits per heavy atom. The lowest BCUT2D eigenvalue weighted by atomic mass is 9.92. The van der Waals surface area contributed by atoms with E-state index in [1.165, 1.54) is 12.8 Å². The number of nitrogens with one attached hydrogen (secondary N) is 1. The Morgan fingerprint density at radius 3 is 2.61 bits per heavy atom. The summed E-state index contributed by atoms with van der Waals surface area (Å²) in [5, 5.41) is 3.05. The van der Waals surface area contributed by atoms with Gasteiger partial charge in [-0.3, -0.25) is 4.79 Å². The Bertz CT molecular complexity index is 462. The predicted octanol–water partition coefficient (Wildman–Crippen LogP) is 2.74. The third-order valence-electron chi connectivity index (χ3n) is 4.25. The van der Waals surface area contributed by atoms with E-state index in [9.17, 15) is 4.79 Å². The van der Waals surface area contributed by atoms with E-state index < -0.39 is 0 Å². The highest BCUT2D eigenvalue weighted by molar-refractivity contribution is 5.94. The van der Waals surface area contributed by atoms with Crippen LogP contribution in [0.4, 0.5) is 5.69 Å². The first-order chi connectivity index (χ1) is 8.44. The number of nitrogen functional groups attached to an aromatic ring is 1. The summed E-state index contributed by atoms with van der Waals surface area (Å²) in [5.74, 6) is 0.635. The average molecular weight is 246 g/mol. The molecule has 1 aliphatic carbocycles. The number of hydrogen-bond donors (Lipinski definition) is 2. The van der Waals surface area contributed by atoms with Crippen LogP contribution in [-0.4, -0.2) is 12.5 Å². The molecule has 0 radical (unpaired) electrons. The van der Waals surface area contributed by atoms with Crippen LogP contribution in [0.5, 0.6) is 0 Å². The maximum Gasteiger partial charge on any atom is 0.251 e. The number of benzene rings is 1. The number of amides is 1. The smallest absolute Gasteiger partial charge is 0.251 e. The Balaban J connectivity index is 1.98. The zero-order valence-electron chi connectivity index (χ0n) is 11.4. The molecule has 3 nitrogen and oxygen atoms in total. The fraction of sp³-hybridized carbons (Fsp3) is 0.533. The molecule has 0 atom stereocenters. The summed E-state index contributed by atoms with van der Waals surface area (Å²) in [7, 11) is 0. The van der Waals surface area contributed by atoms with Crippen molar-refractivity contribution in [2.75, 3.05) is 12.3 Å². The van der Waals surface area contributed by atoms with Crippen LogP contribution >= 0.6 is 0 Å². The molecular formula is C15H22N2O. The molecule has 0 spiro atoms. The molecule has 0 unspecified atom stereocenters. The van der Waals surface area contributed by atoms with Gasteiger partial charge in [0.1, 0.15) is 0 Å². The van der Waals surface area contributed by atoms with Crippen LogP contribution in [0.3, 0.4) is 0 Å². The van der Waals surface area contributed by atoms with E-state index in [0.29, 0.717) is 16.9 Å². The van der Waals surface area contributed by atoms with Gasteiger partial charge in [0, 0.05) is 17.8 Å². The van der Waals surface area contributed by atoms with E-state index in [0.717, 1.165) is 17.8 Å². The van der Waals surface area contributed by atoms with Gasteiger partial charge in [-0.15, -0.1) is 0 Å².